The minimum absolute atomic E-state index is 0.240. The molecule has 0 radical (unpaired) electrons. The molecule has 24 heavy (non-hydrogen) atoms. The number of hydrogen-bond donors (Lipinski definition) is 1. The molecule has 2 aromatic rings. The first-order valence-corrected chi connectivity index (χ1v) is 7.95. The molecule has 0 fully saturated rings. The Labute approximate surface area is 141 Å². The van der Waals surface area contributed by atoms with Gasteiger partial charge < -0.3 is 19.5 Å². The predicted molar refractivity (Wildman–Crippen MR) is 92.5 cm³/mol. The molecule has 1 aliphatic heterocycles. The normalized spacial score (nSPS) is 13.1. The van der Waals surface area contributed by atoms with Crippen LogP contribution in [0.3, 0.4) is 0 Å². The van der Waals surface area contributed by atoms with Crippen LogP contribution < -0.4 is 19.5 Å². The number of ether oxygens (including phenoxy) is 3. The molecule has 0 spiro atoms. The fraction of sp³-hybridized carbons (Fsp3) is 0.316. The Morgan fingerprint density at radius 2 is 1.83 bits per heavy atom. The number of amides is 1. The number of carbonyl (C=O) groups is 1. The topological polar surface area (TPSA) is 56.8 Å². The van der Waals surface area contributed by atoms with Gasteiger partial charge in [0.1, 0.15) is 5.75 Å². The highest BCUT2D eigenvalue weighted by molar-refractivity contribution is 6.07. The van der Waals surface area contributed by atoms with Crippen LogP contribution in [0, 0.1) is 13.8 Å². The van der Waals surface area contributed by atoms with Gasteiger partial charge in [0.15, 0.2) is 11.5 Å². The Bertz CT molecular complexity index is 770. The first-order valence-electron chi connectivity index (χ1n) is 7.95. The lowest BCUT2D eigenvalue weighted by Crippen LogP contribution is -2.14. The van der Waals surface area contributed by atoms with E-state index in [0.717, 1.165) is 23.2 Å². The molecule has 1 N–H and O–H groups in total. The minimum atomic E-state index is -0.240. The molecule has 0 atom stereocenters. The highest BCUT2D eigenvalue weighted by Gasteiger charge is 2.20. The molecule has 0 saturated heterocycles. The van der Waals surface area contributed by atoms with Crippen molar-refractivity contribution in [1.29, 1.82) is 0 Å². The van der Waals surface area contributed by atoms with E-state index in [1.54, 1.807) is 12.1 Å². The van der Waals surface area contributed by atoms with Gasteiger partial charge in [0, 0.05) is 24.2 Å². The van der Waals surface area contributed by atoms with Crippen LogP contribution >= 0.6 is 0 Å². The molecule has 0 aliphatic carbocycles. The third-order valence-corrected chi connectivity index (χ3v) is 4.17. The van der Waals surface area contributed by atoms with Crippen molar-refractivity contribution in [2.45, 2.75) is 20.3 Å². The Morgan fingerprint density at radius 1 is 1.12 bits per heavy atom. The maximum atomic E-state index is 12.7. The second kappa shape index (κ2) is 6.83. The van der Waals surface area contributed by atoms with Crippen molar-refractivity contribution in [3.8, 4) is 17.2 Å². The first kappa shape index (κ1) is 16.2. The number of nitrogens with one attached hydrogen (secondary N) is 1. The number of hydrogen-bond acceptors (Lipinski definition) is 4. The van der Waals surface area contributed by atoms with E-state index in [4.69, 9.17) is 14.2 Å². The Morgan fingerprint density at radius 3 is 2.54 bits per heavy atom. The van der Waals surface area contributed by atoms with Gasteiger partial charge in [0.25, 0.3) is 5.91 Å². The molecule has 0 aromatic heterocycles. The van der Waals surface area contributed by atoms with Gasteiger partial charge in [-0.2, -0.15) is 0 Å². The highest BCUT2D eigenvalue weighted by Crippen LogP contribution is 2.36. The van der Waals surface area contributed by atoms with Crippen molar-refractivity contribution in [3.63, 3.8) is 0 Å². The predicted octanol–water partition coefficient (Wildman–Crippen LogP) is 3.73. The quantitative estimate of drug-likeness (QED) is 0.933. The second-order valence-electron chi connectivity index (χ2n) is 5.75. The summed E-state index contributed by atoms with van der Waals surface area (Å²) < 4.78 is 16.7. The van der Waals surface area contributed by atoms with Crippen LogP contribution in [0.4, 0.5) is 5.69 Å². The SMILES string of the molecule is COc1cc2c(cc1C(=O)Nc1cccc(C)c1C)OCCCO2. The van der Waals surface area contributed by atoms with Crippen LogP contribution in [0.25, 0.3) is 0 Å². The van der Waals surface area contributed by atoms with E-state index in [-0.39, 0.29) is 5.91 Å². The summed E-state index contributed by atoms with van der Waals surface area (Å²) in [6.07, 6.45) is 0.807. The van der Waals surface area contributed by atoms with Gasteiger partial charge in [-0.25, -0.2) is 0 Å². The van der Waals surface area contributed by atoms with Crippen LogP contribution in [0.2, 0.25) is 0 Å². The largest absolute Gasteiger partial charge is 0.496 e. The minimum Gasteiger partial charge on any atom is -0.496 e. The van der Waals surface area contributed by atoms with Crippen molar-refractivity contribution in [2.24, 2.45) is 0 Å². The summed E-state index contributed by atoms with van der Waals surface area (Å²) in [6.45, 7) is 5.15. The summed E-state index contributed by atoms with van der Waals surface area (Å²) in [6, 6.07) is 9.21. The van der Waals surface area contributed by atoms with E-state index >= 15 is 0 Å². The summed E-state index contributed by atoms with van der Waals surface area (Å²) in [5.74, 6) is 1.39. The number of rotatable bonds is 3. The van der Waals surface area contributed by atoms with Gasteiger partial charge in [-0.05, 0) is 31.0 Å². The van der Waals surface area contributed by atoms with Crippen LogP contribution in [-0.2, 0) is 0 Å². The van der Waals surface area contributed by atoms with Gasteiger partial charge in [-0.3, -0.25) is 4.79 Å². The average Bonchev–Trinajstić information content (AvgIpc) is 2.82. The smallest absolute Gasteiger partial charge is 0.259 e. The molecular weight excluding hydrogens is 306 g/mol. The number of fused-ring (bicyclic) bond motifs is 1. The van der Waals surface area contributed by atoms with Crippen molar-refractivity contribution < 1.29 is 19.0 Å². The molecule has 0 unspecified atom stereocenters. The Hall–Kier alpha value is -2.69. The summed E-state index contributed by atoms with van der Waals surface area (Å²) in [5.41, 5.74) is 3.37. The van der Waals surface area contributed by atoms with Gasteiger partial charge in [-0.15, -0.1) is 0 Å². The third kappa shape index (κ3) is 3.15. The van der Waals surface area contributed by atoms with Crippen molar-refractivity contribution in [3.05, 3.63) is 47.0 Å². The molecule has 0 bridgehead atoms. The molecule has 2 aromatic carbocycles. The van der Waals surface area contributed by atoms with Gasteiger partial charge in [-0.1, -0.05) is 12.1 Å². The number of carbonyl (C=O) groups excluding carboxylic acids is 1. The third-order valence-electron chi connectivity index (χ3n) is 4.17. The average molecular weight is 327 g/mol. The van der Waals surface area contributed by atoms with Gasteiger partial charge in [0.05, 0.1) is 25.9 Å². The Kier molecular flexibility index (Phi) is 4.60. The van der Waals surface area contributed by atoms with Gasteiger partial charge in [0.2, 0.25) is 0 Å². The molecule has 1 amide bonds. The van der Waals surface area contributed by atoms with E-state index in [1.807, 2.05) is 32.0 Å². The first-order chi connectivity index (χ1) is 11.6. The van der Waals surface area contributed by atoms with E-state index < -0.39 is 0 Å². The second-order valence-corrected chi connectivity index (χ2v) is 5.75. The van der Waals surface area contributed by atoms with Crippen LogP contribution in [-0.4, -0.2) is 26.2 Å². The summed E-state index contributed by atoms with van der Waals surface area (Å²) in [4.78, 5) is 12.7. The molecule has 0 saturated carbocycles. The van der Waals surface area contributed by atoms with E-state index in [9.17, 15) is 4.79 Å². The maximum absolute atomic E-state index is 12.7. The fourth-order valence-electron chi connectivity index (χ4n) is 2.61. The lowest BCUT2D eigenvalue weighted by atomic mass is 10.1. The number of anilines is 1. The summed E-state index contributed by atoms with van der Waals surface area (Å²) in [7, 11) is 1.54. The molecule has 5 nitrogen and oxygen atoms in total. The van der Waals surface area contributed by atoms with E-state index in [0.29, 0.717) is 36.0 Å². The van der Waals surface area contributed by atoms with E-state index in [1.165, 1.54) is 7.11 Å². The van der Waals surface area contributed by atoms with Crippen LogP contribution in [0.5, 0.6) is 17.2 Å². The standard InChI is InChI=1S/C19H21NO4/c1-12-6-4-7-15(13(12)2)20-19(21)14-10-17-18(11-16(14)22-3)24-9-5-8-23-17/h4,6-7,10-11H,5,8-9H2,1-3H3,(H,20,21). The number of methoxy groups -OCH3 is 1. The zero-order valence-corrected chi connectivity index (χ0v) is 14.1. The lowest BCUT2D eigenvalue weighted by molar-refractivity contribution is 0.102. The van der Waals surface area contributed by atoms with E-state index in [2.05, 4.69) is 5.32 Å². The molecule has 1 aliphatic rings. The summed E-state index contributed by atoms with van der Waals surface area (Å²) >= 11 is 0. The van der Waals surface area contributed by atoms with Gasteiger partial charge >= 0.3 is 0 Å². The number of benzene rings is 2. The molecular formula is C19H21NO4. The number of aryl methyl sites for hydroxylation is 1. The fourth-order valence-corrected chi connectivity index (χ4v) is 2.61. The highest BCUT2D eigenvalue weighted by atomic mass is 16.5. The van der Waals surface area contributed by atoms with Crippen molar-refractivity contribution in [2.75, 3.05) is 25.6 Å². The monoisotopic (exact) mass is 327 g/mol. The lowest BCUT2D eigenvalue weighted by Gasteiger charge is -2.15. The maximum Gasteiger partial charge on any atom is 0.259 e. The van der Waals surface area contributed by atoms with Crippen molar-refractivity contribution in [1.82, 2.24) is 0 Å². The molecule has 3 rings (SSSR count). The summed E-state index contributed by atoms with van der Waals surface area (Å²) in [5, 5.41) is 2.95. The van der Waals surface area contributed by atoms with Crippen LogP contribution in [0.15, 0.2) is 30.3 Å². The molecule has 5 heteroatoms. The Balaban J connectivity index is 1.94. The van der Waals surface area contributed by atoms with Crippen LogP contribution in [0.1, 0.15) is 27.9 Å². The zero-order valence-electron chi connectivity index (χ0n) is 14.1. The molecule has 1 heterocycles. The van der Waals surface area contributed by atoms with Crippen molar-refractivity contribution >= 4 is 11.6 Å². The molecule has 126 valence electrons. The zero-order chi connectivity index (χ0) is 17.1.